The van der Waals surface area contributed by atoms with Crippen LogP contribution in [-0.2, 0) is 0 Å². The first-order valence-electron chi connectivity index (χ1n) is 5.59. The van der Waals surface area contributed by atoms with Crippen molar-refractivity contribution in [2.45, 2.75) is 34.6 Å². The molecule has 0 bridgehead atoms. The van der Waals surface area contributed by atoms with Crippen molar-refractivity contribution in [1.82, 2.24) is 9.97 Å². The third-order valence-electron chi connectivity index (χ3n) is 1.41. The van der Waals surface area contributed by atoms with Gasteiger partial charge in [-0.15, -0.1) is 0 Å². The highest BCUT2D eigenvalue weighted by molar-refractivity contribution is 5.48. The Kier molecular flexibility index (Phi) is 12.0. The van der Waals surface area contributed by atoms with Crippen LogP contribution in [0.25, 0.3) is 6.08 Å². The summed E-state index contributed by atoms with van der Waals surface area (Å²) >= 11 is 0. The molecule has 0 aromatic carbocycles. The third kappa shape index (κ3) is 6.76. The summed E-state index contributed by atoms with van der Waals surface area (Å²) in [6.07, 6.45) is 6.48. The van der Waals surface area contributed by atoms with Crippen LogP contribution >= 0.6 is 0 Å². The van der Waals surface area contributed by atoms with Crippen molar-refractivity contribution in [3.63, 3.8) is 0 Å². The van der Waals surface area contributed by atoms with Crippen molar-refractivity contribution in [3.05, 3.63) is 46.7 Å². The molecule has 0 spiro atoms. The van der Waals surface area contributed by atoms with Crippen molar-refractivity contribution < 1.29 is 0 Å². The zero-order valence-electron chi connectivity index (χ0n) is 10.9. The van der Waals surface area contributed by atoms with E-state index in [0.29, 0.717) is 0 Å². The molecule has 0 saturated heterocycles. The number of aromatic amines is 1. The molecule has 16 heavy (non-hydrogen) atoms. The summed E-state index contributed by atoms with van der Waals surface area (Å²) in [5, 5.41) is 0. The Balaban J connectivity index is 0. The van der Waals surface area contributed by atoms with Crippen LogP contribution in [0.1, 0.15) is 39.1 Å². The third-order valence-corrected chi connectivity index (χ3v) is 1.41. The van der Waals surface area contributed by atoms with Crippen molar-refractivity contribution in [2.75, 3.05) is 0 Å². The quantitative estimate of drug-likeness (QED) is 0.780. The molecule has 1 rings (SSSR count). The highest BCUT2D eigenvalue weighted by Crippen LogP contribution is 1.99. The van der Waals surface area contributed by atoms with Crippen molar-refractivity contribution >= 4 is 6.08 Å². The zero-order chi connectivity index (χ0) is 13.0. The summed E-state index contributed by atoms with van der Waals surface area (Å²) in [5.74, 6) is 0. The molecular formula is C13H22N2O. The molecule has 0 radical (unpaired) electrons. The largest absolute Gasteiger partial charge is 0.323 e. The second-order valence-corrected chi connectivity index (χ2v) is 2.35. The van der Waals surface area contributed by atoms with Crippen molar-refractivity contribution in [2.24, 2.45) is 0 Å². The highest BCUT2D eigenvalue weighted by Gasteiger charge is 1.93. The summed E-state index contributed by atoms with van der Waals surface area (Å²) in [6.45, 7) is 13.3. The second kappa shape index (κ2) is 11.4. The monoisotopic (exact) mass is 222 g/mol. The smallest absolute Gasteiger partial charge is 0.266 e. The topological polar surface area (TPSA) is 45.8 Å². The van der Waals surface area contributed by atoms with Gasteiger partial charge in [0.2, 0.25) is 0 Å². The Morgan fingerprint density at radius 1 is 1.31 bits per heavy atom. The van der Waals surface area contributed by atoms with Gasteiger partial charge in [0.15, 0.2) is 0 Å². The highest BCUT2D eigenvalue weighted by atomic mass is 16.1. The van der Waals surface area contributed by atoms with Gasteiger partial charge in [-0.2, -0.15) is 0 Å². The number of nitrogens with one attached hydrogen (secondary N) is 1. The average Bonchev–Trinajstić information content (AvgIpc) is 2.33. The molecular weight excluding hydrogens is 200 g/mol. The fourth-order valence-electron chi connectivity index (χ4n) is 0.833. The van der Waals surface area contributed by atoms with Crippen LogP contribution in [-0.4, -0.2) is 9.97 Å². The Morgan fingerprint density at radius 3 is 2.31 bits per heavy atom. The van der Waals surface area contributed by atoms with E-state index in [2.05, 4.69) is 16.5 Å². The average molecular weight is 222 g/mol. The van der Waals surface area contributed by atoms with E-state index in [1.165, 1.54) is 6.20 Å². The van der Waals surface area contributed by atoms with Gasteiger partial charge in [-0.1, -0.05) is 46.4 Å². The number of allylic oxidation sites excluding steroid dienone is 2. The number of hydrogen-bond donors (Lipinski definition) is 1. The number of rotatable bonds is 2. The Morgan fingerprint density at radius 2 is 1.88 bits per heavy atom. The zero-order valence-corrected chi connectivity index (χ0v) is 10.9. The van der Waals surface area contributed by atoms with E-state index >= 15 is 0 Å². The Labute approximate surface area is 97.9 Å². The van der Waals surface area contributed by atoms with Crippen molar-refractivity contribution in [3.8, 4) is 0 Å². The van der Waals surface area contributed by atoms with E-state index in [-0.39, 0.29) is 5.56 Å². The van der Waals surface area contributed by atoms with Gasteiger partial charge in [-0.25, -0.2) is 4.98 Å². The van der Waals surface area contributed by atoms with E-state index in [4.69, 9.17) is 0 Å². The van der Waals surface area contributed by atoms with E-state index in [0.717, 1.165) is 11.4 Å². The SMILES string of the molecule is C=C/C=C\c1ncc(=O)[nH]c1C.CC.CC. The molecule has 3 heteroatoms. The fraction of sp³-hybridized carbons (Fsp3) is 0.385. The van der Waals surface area contributed by atoms with E-state index in [1.54, 1.807) is 25.2 Å². The standard InChI is InChI=1S/C9H10N2O.2C2H6/c1-3-4-5-8-7(2)11-9(12)6-10-8;2*1-2/h3-6H,1H2,2H3,(H,11,12);2*1-2H3/b5-4-;;. The molecule has 0 fully saturated rings. The minimum atomic E-state index is -0.178. The van der Waals surface area contributed by atoms with Gasteiger partial charge in [-0.05, 0) is 13.0 Å². The fourth-order valence-corrected chi connectivity index (χ4v) is 0.833. The lowest BCUT2D eigenvalue weighted by Crippen LogP contribution is -2.08. The second-order valence-electron chi connectivity index (χ2n) is 2.35. The van der Waals surface area contributed by atoms with E-state index in [1.807, 2.05) is 27.7 Å². The maximum Gasteiger partial charge on any atom is 0.266 e. The van der Waals surface area contributed by atoms with Gasteiger partial charge in [0.05, 0.1) is 11.9 Å². The lowest BCUT2D eigenvalue weighted by molar-refractivity contribution is 1.05. The van der Waals surface area contributed by atoms with E-state index < -0.39 is 0 Å². The van der Waals surface area contributed by atoms with Crippen LogP contribution in [0.5, 0.6) is 0 Å². The van der Waals surface area contributed by atoms with Crippen LogP contribution in [0, 0.1) is 6.92 Å². The van der Waals surface area contributed by atoms with Gasteiger partial charge in [0.1, 0.15) is 0 Å². The molecule has 90 valence electrons. The van der Waals surface area contributed by atoms with Crippen LogP contribution < -0.4 is 5.56 Å². The van der Waals surface area contributed by atoms with Gasteiger partial charge < -0.3 is 4.98 Å². The van der Waals surface area contributed by atoms with Gasteiger partial charge in [0, 0.05) is 5.69 Å². The molecule has 0 saturated carbocycles. The molecule has 3 nitrogen and oxygen atoms in total. The maximum atomic E-state index is 10.8. The molecule has 1 heterocycles. The number of H-pyrrole nitrogens is 1. The molecule has 0 unspecified atom stereocenters. The number of nitrogens with zero attached hydrogens (tertiary/aromatic N) is 1. The lowest BCUT2D eigenvalue weighted by Gasteiger charge is -1.95. The van der Waals surface area contributed by atoms with Crippen LogP contribution in [0.3, 0.4) is 0 Å². The van der Waals surface area contributed by atoms with Gasteiger partial charge in [-0.3, -0.25) is 4.79 Å². The van der Waals surface area contributed by atoms with Crippen molar-refractivity contribution in [1.29, 1.82) is 0 Å². The Bertz CT molecular complexity index is 364. The molecule has 0 amide bonds. The molecule has 1 aromatic rings. The van der Waals surface area contributed by atoms with Crippen LogP contribution in [0.4, 0.5) is 0 Å². The summed E-state index contributed by atoms with van der Waals surface area (Å²) in [4.78, 5) is 17.3. The predicted octanol–water partition coefficient (Wildman–Crippen LogP) is 3.33. The molecule has 1 aromatic heterocycles. The molecule has 1 N–H and O–H groups in total. The number of aromatic nitrogens is 2. The first-order valence-corrected chi connectivity index (χ1v) is 5.59. The maximum absolute atomic E-state index is 10.8. The number of aryl methyl sites for hydroxylation is 1. The normalized spacial score (nSPS) is 8.56. The summed E-state index contributed by atoms with van der Waals surface area (Å²) in [5.41, 5.74) is 1.35. The predicted molar refractivity (Wildman–Crippen MR) is 71.5 cm³/mol. The minimum Gasteiger partial charge on any atom is -0.323 e. The molecule has 0 aliphatic heterocycles. The molecule has 0 atom stereocenters. The van der Waals surface area contributed by atoms with Gasteiger partial charge >= 0.3 is 0 Å². The van der Waals surface area contributed by atoms with Crippen LogP contribution in [0.15, 0.2) is 29.7 Å². The molecule has 0 aliphatic rings. The van der Waals surface area contributed by atoms with Gasteiger partial charge in [0.25, 0.3) is 5.56 Å². The Hall–Kier alpha value is -1.64. The summed E-state index contributed by atoms with van der Waals surface area (Å²) in [7, 11) is 0. The van der Waals surface area contributed by atoms with E-state index in [9.17, 15) is 4.79 Å². The number of hydrogen-bond acceptors (Lipinski definition) is 2. The lowest BCUT2D eigenvalue weighted by atomic mass is 10.3. The first-order chi connectivity index (χ1) is 7.74. The minimum absolute atomic E-state index is 0.178. The van der Waals surface area contributed by atoms with Crippen LogP contribution in [0.2, 0.25) is 0 Å². The first kappa shape index (κ1) is 16.8. The molecule has 0 aliphatic carbocycles. The summed E-state index contributed by atoms with van der Waals surface area (Å²) < 4.78 is 0. The summed E-state index contributed by atoms with van der Waals surface area (Å²) in [6, 6.07) is 0.